The van der Waals surface area contributed by atoms with Crippen molar-refractivity contribution in [3.63, 3.8) is 0 Å². The van der Waals surface area contributed by atoms with Crippen molar-refractivity contribution in [2.75, 3.05) is 13.2 Å². The van der Waals surface area contributed by atoms with Gasteiger partial charge < -0.3 is 20.3 Å². The highest BCUT2D eigenvalue weighted by molar-refractivity contribution is 5.76. The number of amides is 1. The van der Waals surface area contributed by atoms with Crippen LogP contribution >= 0.6 is 0 Å². The number of carbonyl (C=O) groups is 2. The van der Waals surface area contributed by atoms with Gasteiger partial charge in [0.2, 0.25) is 5.91 Å². The molecule has 0 spiro atoms. The number of carbonyl (C=O) groups excluding carboxylic acids is 2. The van der Waals surface area contributed by atoms with E-state index in [1.165, 1.54) is 411 Å². The summed E-state index contributed by atoms with van der Waals surface area (Å²) in [7, 11) is 0. The fraction of sp³-hybridized carbons (Fsp3) is 0.952. The molecule has 0 aromatic heterocycles. The molecule has 6 nitrogen and oxygen atoms in total. The van der Waals surface area contributed by atoms with Crippen molar-refractivity contribution in [2.24, 2.45) is 0 Å². The van der Waals surface area contributed by atoms with Crippen molar-refractivity contribution in [1.29, 1.82) is 0 Å². The van der Waals surface area contributed by atoms with Crippen LogP contribution in [0.5, 0.6) is 0 Å². The second kappa shape index (κ2) is 80.0. The van der Waals surface area contributed by atoms with E-state index in [-0.39, 0.29) is 18.5 Å². The lowest BCUT2D eigenvalue weighted by Crippen LogP contribution is -2.45. The summed E-state index contributed by atoms with van der Waals surface area (Å²) in [4.78, 5) is 24.7. The first-order valence-corrected chi connectivity index (χ1v) is 41.9. The summed E-state index contributed by atoms with van der Waals surface area (Å²) in [6, 6.07) is -0.538. The van der Waals surface area contributed by atoms with E-state index in [1.807, 2.05) is 0 Å². The van der Waals surface area contributed by atoms with Gasteiger partial charge in [-0.05, 0) is 51.4 Å². The highest BCUT2D eigenvalue weighted by atomic mass is 16.5. The molecule has 0 aliphatic heterocycles. The van der Waals surface area contributed by atoms with Gasteiger partial charge in [0, 0.05) is 12.8 Å². The van der Waals surface area contributed by atoms with Crippen LogP contribution in [0.15, 0.2) is 12.2 Å². The van der Waals surface area contributed by atoms with E-state index < -0.39 is 12.1 Å². The van der Waals surface area contributed by atoms with Gasteiger partial charge in [0.15, 0.2) is 0 Å². The first-order valence-electron chi connectivity index (χ1n) is 41.9. The molecule has 2 atom stereocenters. The maximum absolute atomic E-state index is 12.6. The van der Waals surface area contributed by atoms with Crippen LogP contribution in [-0.2, 0) is 14.3 Å². The zero-order chi connectivity index (χ0) is 64.9. The minimum Gasteiger partial charge on any atom is -0.466 e. The van der Waals surface area contributed by atoms with E-state index in [2.05, 4.69) is 31.3 Å². The van der Waals surface area contributed by atoms with Gasteiger partial charge in [0.05, 0.1) is 25.4 Å². The molecule has 0 aliphatic carbocycles. The molecule has 0 saturated heterocycles. The summed E-state index contributed by atoms with van der Waals surface area (Å²) in [5.41, 5.74) is 0. The molecule has 0 aliphatic rings. The Morgan fingerprint density at radius 2 is 0.522 bits per heavy atom. The summed E-state index contributed by atoms with van der Waals surface area (Å²) in [6.45, 7) is 5.01. The standard InChI is InChI=1S/C84H165NO5/c1-3-5-7-9-11-13-15-17-19-20-21-22-36-39-42-45-49-52-56-60-64-68-72-76-82(87)81(80-86)85-83(88)77-73-69-65-61-57-53-50-46-43-40-37-34-32-30-28-26-24-23-25-27-29-31-33-35-38-41-44-47-51-55-59-63-67-71-75-79-90-84(89)78-74-70-66-62-58-54-48-18-16-14-12-10-8-6-4-2/h18,48,81-82,86-87H,3-17,19-47,49-80H2,1-2H3,(H,85,88)/b48-18-. The van der Waals surface area contributed by atoms with E-state index in [0.29, 0.717) is 25.9 Å². The lowest BCUT2D eigenvalue weighted by atomic mass is 10.0. The van der Waals surface area contributed by atoms with Crippen molar-refractivity contribution in [2.45, 2.75) is 501 Å². The predicted molar refractivity (Wildman–Crippen MR) is 398 cm³/mol. The van der Waals surface area contributed by atoms with Gasteiger partial charge in [-0.15, -0.1) is 0 Å². The number of allylic oxidation sites excluding steroid dienone is 2. The molecule has 6 heteroatoms. The number of nitrogens with one attached hydrogen (secondary N) is 1. The zero-order valence-corrected chi connectivity index (χ0v) is 61.7. The van der Waals surface area contributed by atoms with E-state index >= 15 is 0 Å². The summed E-state index contributed by atoms with van der Waals surface area (Å²) < 4.78 is 5.50. The number of rotatable bonds is 80. The van der Waals surface area contributed by atoms with Crippen molar-refractivity contribution < 1.29 is 24.5 Å². The third-order valence-corrected chi connectivity index (χ3v) is 20.1. The van der Waals surface area contributed by atoms with Crippen molar-refractivity contribution in [3.05, 3.63) is 12.2 Å². The van der Waals surface area contributed by atoms with Crippen LogP contribution in [0.25, 0.3) is 0 Å². The van der Waals surface area contributed by atoms with E-state index in [0.717, 1.165) is 44.9 Å². The zero-order valence-electron chi connectivity index (χ0n) is 61.7. The van der Waals surface area contributed by atoms with Gasteiger partial charge in [-0.3, -0.25) is 9.59 Å². The van der Waals surface area contributed by atoms with Gasteiger partial charge in [-0.1, -0.05) is 437 Å². The topological polar surface area (TPSA) is 95.9 Å². The van der Waals surface area contributed by atoms with Crippen molar-refractivity contribution >= 4 is 11.9 Å². The largest absolute Gasteiger partial charge is 0.466 e. The smallest absolute Gasteiger partial charge is 0.305 e. The second-order valence-electron chi connectivity index (χ2n) is 29.2. The minimum atomic E-state index is -0.661. The first kappa shape index (κ1) is 88.6. The van der Waals surface area contributed by atoms with Gasteiger partial charge in [-0.2, -0.15) is 0 Å². The molecule has 0 fully saturated rings. The molecule has 3 N–H and O–H groups in total. The van der Waals surface area contributed by atoms with E-state index in [1.54, 1.807) is 0 Å². The van der Waals surface area contributed by atoms with Crippen LogP contribution in [0, 0.1) is 0 Å². The Labute approximate surface area is 565 Å². The fourth-order valence-electron chi connectivity index (χ4n) is 13.7. The minimum absolute atomic E-state index is 0.0160. The average molecular weight is 1270 g/mol. The molecule has 2 unspecified atom stereocenters. The molecular formula is C84H165NO5. The molecular weight excluding hydrogens is 1100 g/mol. The number of aliphatic hydroxyl groups is 2. The number of unbranched alkanes of at least 4 members (excludes halogenated alkanes) is 67. The number of aliphatic hydroxyl groups excluding tert-OH is 2. The maximum atomic E-state index is 12.6. The van der Waals surface area contributed by atoms with Crippen LogP contribution in [0.1, 0.15) is 489 Å². The molecule has 0 aromatic carbocycles. The number of ether oxygens (including phenoxy) is 1. The Hall–Kier alpha value is -1.40. The molecule has 0 radical (unpaired) electrons. The lowest BCUT2D eigenvalue weighted by Gasteiger charge is -2.22. The molecule has 0 heterocycles. The predicted octanol–water partition coefficient (Wildman–Crippen LogP) is 27.8. The summed E-state index contributed by atoms with van der Waals surface area (Å²) in [5, 5.41) is 23.5. The van der Waals surface area contributed by atoms with Crippen molar-refractivity contribution in [3.8, 4) is 0 Å². The molecule has 0 aromatic rings. The Morgan fingerprint density at radius 1 is 0.300 bits per heavy atom. The summed E-state index contributed by atoms with van der Waals surface area (Å²) in [5.74, 6) is -0.00734. The number of esters is 1. The molecule has 1 amide bonds. The SMILES string of the molecule is CCCCCCCC/C=C\CCCCCCCC(=O)OCCCCCCCCCCCCCCCCCCCCCCCCCCCCCCCCCCCCCC(=O)NC(CO)C(O)CCCCCCCCCCCCCCCCCCCCCCCCC. The monoisotopic (exact) mass is 1270 g/mol. The van der Waals surface area contributed by atoms with Crippen LogP contribution < -0.4 is 5.32 Å². The van der Waals surface area contributed by atoms with Crippen molar-refractivity contribution in [1.82, 2.24) is 5.32 Å². The van der Waals surface area contributed by atoms with Gasteiger partial charge >= 0.3 is 5.97 Å². The average Bonchev–Trinajstić information content (AvgIpc) is 3.68. The molecule has 90 heavy (non-hydrogen) atoms. The molecule has 0 saturated carbocycles. The van der Waals surface area contributed by atoms with E-state index in [9.17, 15) is 19.8 Å². The van der Waals surface area contributed by atoms with Gasteiger partial charge in [-0.25, -0.2) is 0 Å². The number of hydrogen-bond acceptors (Lipinski definition) is 5. The summed E-state index contributed by atoms with van der Waals surface area (Å²) >= 11 is 0. The van der Waals surface area contributed by atoms with Crippen LogP contribution in [0.3, 0.4) is 0 Å². The second-order valence-corrected chi connectivity index (χ2v) is 29.2. The van der Waals surface area contributed by atoms with Gasteiger partial charge in [0.1, 0.15) is 0 Å². The molecule has 0 rings (SSSR count). The Kier molecular flexibility index (Phi) is 78.8. The molecule has 536 valence electrons. The number of hydrogen-bond donors (Lipinski definition) is 3. The quantitative estimate of drug-likeness (QED) is 0.0320. The lowest BCUT2D eigenvalue weighted by molar-refractivity contribution is -0.143. The third-order valence-electron chi connectivity index (χ3n) is 20.1. The Morgan fingerprint density at radius 3 is 0.789 bits per heavy atom. The van der Waals surface area contributed by atoms with E-state index in [4.69, 9.17) is 4.74 Å². The highest BCUT2D eigenvalue weighted by Gasteiger charge is 2.20. The van der Waals surface area contributed by atoms with Crippen LogP contribution in [0.4, 0.5) is 0 Å². The van der Waals surface area contributed by atoms with Crippen LogP contribution in [0.2, 0.25) is 0 Å². The Bertz CT molecular complexity index is 1370. The summed E-state index contributed by atoms with van der Waals surface area (Å²) in [6.07, 6.45) is 102. The highest BCUT2D eigenvalue weighted by Crippen LogP contribution is 2.21. The molecule has 0 bridgehead atoms. The first-order chi connectivity index (χ1) is 44.5. The Balaban J connectivity index is 3.31. The van der Waals surface area contributed by atoms with Crippen LogP contribution in [-0.4, -0.2) is 47.4 Å². The van der Waals surface area contributed by atoms with Gasteiger partial charge in [0.25, 0.3) is 0 Å². The normalized spacial score (nSPS) is 12.4. The maximum Gasteiger partial charge on any atom is 0.305 e. The fourth-order valence-corrected chi connectivity index (χ4v) is 13.7. The third kappa shape index (κ3) is 75.6.